The molecule has 1 atom stereocenters. The minimum absolute atomic E-state index is 0. The van der Waals surface area contributed by atoms with Crippen molar-refractivity contribution in [1.82, 2.24) is 15.3 Å². The number of carbonyl (C=O) groups excluding carboxylic acids is 2. The van der Waals surface area contributed by atoms with Crippen LogP contribution in [0.4, 0.5) is 10.8 Å². The number of nitrogens with zero attached hydrogens (tertiary/aromatic N) is 2. The first-order chi connectivity index (χ1) is 15.5. The van der Waals surface area contributed by atoms with Gasteiger partial charge in [0.15, 0.2) is 5.13 Å². The Kier molecular flexibility index (Phi) is 7.81. The van der Waals surface area contributed by atoms with Gasteiger partial charge < -0.3 is 16.4 Å². The van der Waals surface area contributed by atoms with Crippen LogP contribution >= 0.6 is 24.8 Å². The van der Waals surface area contributed by atoms with E-state index < -0.39 is 6.04 Å². The maximum atomic E-state index is 12.5. The molecule has 0 spiro atoms. The van der Waals surface area contributed by atoms with E-state index in [1.165, 1.54) is 11.3 Å². The van der Waals surface area contributed by atoms with Crippen molar-refractivity contribution in [2.45, 2.75) is 13.0 Å². The number of hydrogen-bond donors (Lipinski definition) is 3. The van der Waals surface area contributed by atoms with E-state index in [1.54, 1.807) is 43.6 Å². The first kappa shape index (κ1) is 24.0. The fraction of sp³-hybridized carbons (Fsp3) is 0.0833. The van der Waals surface area contributed by atoms with Crippen LogP contribution in [0.1, 0.15) is 17.3 Å². The molecule has 2 aromatic carbocycles. The Morgan fingerprint density at radius 1 is 0.970 bits per heavy atom. The predicted molar refractivity (Wildman–Crippen MR) is 138 cm³/mol. The molecule has 2 aromatic heterocycles. The lowest BCUT2D eigenvalue weighted by atomic mass is 10.0. The van der Waals surface area contributed by atoms with E-state index in [9.17, 15) is 9.59 Å². The van der Waals surface area contributed by atoms with Crippen molar-refractivity contribution >= 4 is 47.5 Å². The molecule has 168 valence electrons. The molecule has 2 amide bonds. The third-order valence-corrected chi connectivity index (χ3v) is 5.58. The molecule has 0 aliphatic rings. The molecule has 0 unspecified atom stereocenters. The summed E-state index contributed by atoms with van der Waals surface area (Å²) >= 11 is 1.33. The first-order valence-corrected chi connectivity index (χ1v) is 10.8. The van der Waals surface area contributed by atoms with Crippen LogP contribution in [0.15, 0.2) is 78.4 Å². The number of carbonyl (C=O) groups is 2. The van der Waals surface area contributed by atoms with E-state index in [4.69, 9.17) is 5.73 Å². The number of hydrogen-bond acceptors (Lipinski definition) is 6. The number of amides is 2. The van der Waals surface area contributed by atoms with E-state index in [-0.39, 0.29) is 25.3 Å². The highest BCUT2D eigenvalue weighted by Gasteiger charge is 2.18. The topological polar surface area (TPSA) is 110 Å². The Balaban J connectivity index is 0.00000306. The number of nitrogens with one attached hydrogen (secondary N) is 2. The summed E-state index contributed by atoms with van der Waals surface area (Å²) in [5.74, 6) is -0.694. The fourth-order valence-corrected chi connectivity index (χ4v) is 3.78. The first-order valence-electron chi connectivity index (χ1n) is 9.93. The SMILES string of the molecule is C[C@H](NC(=O)c1ccc(N)cc1)C(=O)Nc1nc(-c2cccc(-c3ccncc3)c2)cs1.S. The molecular formula is C24H23N5O2S2. The van der Waals surface area contributed by atoms with Crippen LogP contribution in [0.5, 0.6) is 0 Å². The Morgan fingerprint density at radius 3 is 2.39 bits per heavy atom. The number of rotatable bonds is 6. The molecule has 0 saturated carbocycles. The summed E-state index contributed by atoms with van der Waals surface area (Å²) in [6.45, 7) is 1.62. The van der Waals surface area contributed by atoms with Crippen molar-refractivity contribution in [3.8, 4) is 22.4 Å². The molecule has 4 rings (SSSR count). The molecule has 7 nitrogen and oxygen atoms in total. The number of benzene rings is 2. The van der Waals surface area contributed by atoms with Crippen molar-refractivity contribution in [2.24, 2.45) is 0 Å². The molecule has 0 bridgehead atoms. The molecule has 4 aromatic rings. The van der Waals surface area contributed by atoms with Gasteiger partial charge in [-0.1, -0.05) is 18.2 Å². The summed E-state index contributed by atoms with van der Waals surface area (Å²) in [6, 6.07) is 17.7. The predicted octanol–water partition coefficient (Wildman–Crippen LogP) is 4.32. The Hall–Kier alpha value is -3.69. The van der Waals surface area contributed by atoms with Crippen LogP contribution in [-0.2, 0) is 4.79 Å². The second kappa shape index (κ2) is 10.8. The van der Waals surface area contributed by atoms with Gasteiger partial charge in [-0.2, -0.15) is 13.5 Å². The highest BCUT2D eigenvalue weighted by molar-refractivity contribution is 7.59. The van der Waals surface area contributed by atoms with Gasteiger partial charge in [0.05, 0.1) is 5.69 Å². The standard InChI is InChI=1S/C24H21N5O2S.H2S/c1-15(27-23(31)17-5-7-20(25)8-6-17)22(30)29-24-28-21(14-32-24)19-4-2-3-18(13-19)16-9-11-26-12-10-16;/h2-15H,25H2,1H3,(H,27,31)(H,28,29,30);1H2/t15-;/m0./s1. The molecular weight excluding hydrogens is 454 g/mol. The zero-order valence-corrected chi connectivity index (χ0v) is 19.6. The zero-order chi connectivity index (χ0) is 22.5. The number of thiazole rings is 1. The van der Waals surface area contributed by atoms with Gasteiger partial charge in [0.2, 0.25) is 5.91 Å². The average molecular weight is 478 g/mol. The summed E-state index contributed by atoms with van der Waals surface area (Å²) in [4.78, 5) is 33.4. The van der Waals surface area contributed by atoms with Crippen LogP contribution in [0.2, 0.25) is 0 Å². The van der Waals surface area contributed by atoms with Gasteiger partial charge in [-0.15, -0.1) is 11.3 Å². The second-order valence-corrected chi connectivity index (χ2v) is 8.02. The van der Waals surface area contributed by atoms with Gasteiger partial charge >= 0.3 is 0 Å². The van der Waals surface area contributed by atoms with Gasteiger partial charge in [0.1, 0.15) is 6.04 Å². The third kappa shape index (κ3) is 5.97. The molecule has 0 aliphatic heterocycles. The van der Waals surface area contributed by atoms with E-state index >= 15 is 0 Å². The second-order valence-electron chi connectivity index (χ2n) is 7.16. The monoisotopic (exact) mass is 477 g/mol. The van der Waals surface area contributed by atoms with Gasteiger partial charge in [0.25, 0.3) is 5.91 Å². The summed E-state index contributed by atoms with van der Waals surface area (Å²) in [6.07, 6.45) is 3.51. The molecule has 4 N–H and O–H groups in total. The van der Waals surface area contributed by atoms with Gasteiger partial charge in [0, 0.05) is 34.6 Å². The van der Waals surface area contributed by atoms with Crippen molar-refractivity contribution in [3.63, 3.8) is 0 Å². The largest absolute Gasteiger partial charge is 0.399 e. The Morgan fingerprint density at radius 2 is 1.67 bits per heavy atom. The van der Waals surface area contributed by atoms with E-state index in [0.717, 1.165) is 22.4 Å². The number of nitrogens with two attached hydrogens (primary N) is 1. The van der Waals surface area contributed by atoms with E-state index in [2.05, 4.69) is 20.6 Å². The highest BCUT2D eigenvalue weighted by atomic mass is 32.1. The number of pyridine rings is 1. The van der Waals surface area contributed by atoms with Crippen molar-refractivity contribution < 1.29 is 9.59 Å². The number of aromatic nitrogens is 2. The van der Waals surface area contributed by atoms with Gasteiger partial charge in [-0.05, 0) is 60.5 Å². The maximum Gasteiger partial charge on any atom is 0.251 e. The van der Waals surface area contributed by atoms with Gasteiger partial charge in [-0.25, -0.2) is 4.98 Å². The summed E-state index contributed by atoms with van der Waals surface area (Å²) in [5.41, 5.74) is 10.5. The molecule has 0 fully saturated rings. The molecule has 0 radical (unpaired) electrons. The van der Waals surface area contributed by atoms with Crippen molar-refractivity contribution in [2.75, 3.05) is 11.1 Å². The molecule has 0 aliphatic carbocycles. The van der Waals surface area contributed by atoms with Crippen LogP contribution < -0.4 is 16.4 Å². The van der Waals surface area contributed by atoms with Crippen LogP contribution in [-0.4, -0.2) is 27.8 Å². The lowest BCUT2D eigenvalue weighted by Crippen LogP contribution is -2.41. The highest BCUT2D eigenvalue weighted by Crippen LogP contribution is 2.28. The molecule has 33 heavy (non-hydrogen) atoms. The Labute approximate surface area is 202 Å². The van der Waals surface area contributed by atoms with Crippen molar-refractivity contribution in [1.29, 1.82) is 0 Å². The molecule has 2 heterocycles. The summed E-state index contributed by atoms with van der Waals surface area (Å²) in [5, 5.41) is 7.80. The van der Waals surface area contributed by atoms with E-state index in [1.807, 2.05) is 41.8 Å². The minimum Gasteiger partial charge on any atom is -0.399 e. The number of nitrogen functional groups attached to an aromatic ring is 1. The lowest BCUT2D eigenvalue weighted by Gasteiger charge is -2.13. The Bertz CT molecular complexity index is 1240. The minimum atomic E-state index is -0.734. The zero-order valence-electron chi connectivity index (χ0n) is 17.8. The van der Waals surface area contributed by atoms with Crippen LogP contribution in [0, 0.1) is 0 Å². The maximum absolute atomic E-state index is 12.5. The summed E-state index contributed by atoms with van der Waals surface area (Å²) in [7, 11) is 0. The normalized spacial score (nSPS) is 11.2. The fourth-order valence-electron chi connectivity index (χ4n) is 3.06. The summed E-state index contributed by atoms with van der Waals surface area (Å²) < 4.78 is 0. The molecule has 9 heteroatoms. The van der Waals surface area contributed by atoms with E-state index in [0.29, 0.717) is 16.4 Å². The number of anilines is 2. The quantitative estimate of drug-likeness (QED) is 0.358. The van der Waals surface area contributed by atoms with Crippen LogP contribution in [0.3, 0.4) is 0 Å². The average Bonchev–Trinajstić information content (AvgIpc) is 3.28. The van der Waals surface area contributed by atoms with Crippen molar-refractivity contribution in [3.05, 3.63) is 84.0 Å². The lowest BCUT2D eigenvalue weighted by molar-refractivity contribution is -0.117. The van der Waals surface area contributed by atoms with Gasteiger partial charge in [-0.3, -0.25) is 14.6 Å². The van der Waals surface area contributed by atoms with Crippen LogP contribution in [0.25, 0.3) is 22.4 Å². The molecule has 0 saturated heterocycles. The third-order valence-electron chi connectivity index (χ3n) is 4.82. The smallest absolute Gasteiger partial charge is 0.251 e.